The Labute approximate surface area is 137 Å². The third-order valence-corrected chi connectivity index (χ3v) is 4.26. The van der Waals surface area contributed by atoms with E-state index in [9.17, 15) is 4.79 Å². The summed E-state index contributed by atoms with van der Waals surface area (Å²) in [6.07, 6.45) is 6.96. The minimum atomic E-state index is -0.132. The van der Waals surface area contributed by atoms with E-state index in [4.69, 9.17) is 0 Å². The van der Waals surface area contributed by atoms with Crippen LogP contribution in [0.4, 0.5) is 10.5 Å². The van der Waals surface area contributed by atoms with Gasteiger partial charge < -0.3 is 16.0 Å². The molecule has 2 rings (SSSR count). The van der Waals surface area contributed by atoms with Crippen LogP contribution in [0.25, 0.3) is 0 Å². The summed E-state index contributed by atoms with van der Waals surface area (Å²) in [6, 6.07) is 8.14. The number of urea groups is 1. The van der Waals surface area contributed by atoms with Gasteiger partial charge in [0.05, 0.1) is 0 Å². The van der Waals surface area contributed by atoms with E-state index in [-0.39, 0.29) is 18.4 Å². The highest BCUT2D eigenvalue weighted by molar-refractivity contribution is 7.98. The van der Waals surface area contributed by atoms with Crippen LogP contribution < -0.4 is 16.0 Å². The Morgan fingerprint density at radius 1 is 1.29 bits per heavy atom. The predicted octanol–water partition coefficient (Wildman–Crippen LogP) is 3.48. The fourth-order valence-electron chi connectivity index (χ4n) is 2.34. The molecular formula is C15H24ClN3OS. The third kappa shape index (κ3) is 6.59. The molecule has 1 aromatic rings. The second-order valence-corrected chi connectivity index (χ2v) is 5.94. The summed E-state index contributed by atoms with van der Waals surface area (Å²) in [5.74, 6) is 0. The van der Waals surface area contributed by atoms with Gasteiger partial charge in [-0.2, -0.15) is 0 Å². The van der Waals surface area contributed by atoms with Crippen LogP contribution in [0, 0.1) is 0 Å². The zero-order valence-electron chi connectivity index (χ0n) is 12.4. The number of halogens is 1. The molecule has 1 aliphatic rings. The van der Waals surface area contributed by atoms with Gasteiger partial charge >= 0.3 is 6.03 Å². The first kappa shape index (κ1) is 18.1. The maximum Gasteiger partial charge on any atom is 0.319 e. The number of anilines is 1. The van der Waals surface area contributed by atoms with Crippen molar-refractivity contribution in [1.82, 2.24) is 10.6 Å². The molecule has 1 atom stereocenters. The number of benzene rings is 1. The number of thioether (sulfide) groups is 1. The molecule has 0 radical (unpaired) electrons. The van der Waals surface area contributed by atoms with E-state index in [1.165, 1.54) is 24.2 Å². The van der Waals surface area contributed by atoms with E-state index in [2.05, 4.69) is 16.0 Å². The highest BCUT2D eigenvalue weighted by atomic mass is 35.5. The summed E-state index contributed by atoms with van der Waals surface area (Å²) in [4.78, 5) is 13.0. The monoisotopic (exact) mass is 329 g/mol. The van der Waals surface area contributed by atoms with Crippen LogP contribution >= 0.6 is 24.2 Å². The van der Waals surface area contributed by atoms with Crippen molar-refractivity contribution >= 4 is 35.9 Å². The molecule has 0 bridgehead atoms. The van der Waals surface area contributed by atoms with E-state index in [0.29, 0.717) is 12.6 Å². The van der Waals surface area contributed by atoms with Crippen molar-refractivity contribution in [2.24, 2.45) is 0 Å². The largest absolute Gasteiger partial charge is 0.336 e. The molecule has 0 spiro atoms. The molecule has 1 aliphatic heterocycles. The minimum absolute atomic E-state index is 0. The first-order valence-corrected chi connectivity index (χ1v) is 8.42. The van der Waals surface area contributed by atoms with Crippen LogP contribution in [0.3, 0.4) is 0 Å². The summed E-state index contributed by atoms with van der Waals surface area (Å²) >= 11 is 1.69. The lowest BCUT2D eigenvalue weighted by molar-refractivity contribution is 0.250. The lowest BCUT2D eigenvalue weighted by Crippen LogP contribution is -2.41. The second kappa shape index (κ2) is 9.92. The first-order chi connectivity index (χ1) is 9.78. The fraction of sp³-hybridized carbons (Fsp3) is 0.533. The topological polar surface area (TPSA) is 53.2 Å². The first-order valence-electron chi connectivity index (χ1n) is 7.20. The van der Waals surface area contributed by atoms with Crippen molar-refractivity contribution < 1.29 is 4.79 Å². The maximum absolute atomic E-state index is 11.8. The molecular weight excluding hydrogens is 306 g/mol. The van der Waals surface area contributed by atoms with Crippen LogP contribution in [0.1, 0.15) is 25.7 Å². The zero-order chi connectivity index (χ0) is 14.2. The molecule has 4 nitrogen and oxygen atoms in total. The van der Waals surface area contributed by atoms with Gasteiger partial charge in [0.2, 0.25) is 0 Å². The Kier molecular flexibility index (Phi) is 8.57. The molecule has 1 unspecified atom stereocenters. The van der Waals surface area contributed by atoms with E-state index in [1.807, 2.05) is 30.5 Å². The molecule has 118 valence electrons. The van der Waals surface area contributed by atoms with Crippen molar-refractivity contribution in [3.8, 4) is 0 Å². The van der Waals surface area contributed by atoms with E-state index in [0.717, 1.165) is 18.7 Å². The SMILES string of the molecule is CSc1ccc(NC(=O)NCC2CCCCCN2)cc1.Cl. The molecule has 6 heteroatoms. The van der Waals surface area contributed by atoms with Crippen molar-refractivity contribution in [2.75, 3.05) is 24.7 Å². The van der Waals surface area contributed by atoms with Crippen molar-refractivity contribution in [2.45, 2.75) is 36.6 Å². The second-order valence-electron chi connectivity index (χ2n) is 5.06. The zero-order valence-corrected chi connectivity index (χ0v) is 14.0. The van der Waals surface area contributed by atoms with Gasteiger partial charge in [-0.05, 0) is 49.9 Å². The summed E-state index contributed by atoms with van der Waals surface area (Å²) in [6.45, 7) is 1.75. The number of hydrogen-bond acceptors (Lipinski definition) is 3. The number of rotatable bonds is 4. The van der Waals surface area contributed by atoms with Gasteiger partial charge in [0.15, 0.2) is 0 Å². The molecule has 0 saturated carbocycles. The van der Waals surface area contributed by atoms with Crippen LogP contribution in [0.5, 0.6) is 0 Å². The van der Waals surface area contributed by atoms with E-state index >= 15 is 0 Å². The van der Waals surface area contributed by atoms with Crippen LogP contribution in [-0.4, -0.2) is 31.4 Å². The lowest BCUT2D eigenvalue weighted by atomic mass is 10.1. The smallest absolute Gasteiger partial charge is 0.319 e. The third-order valence-electron chi connectivity index (χ3n) is 3.52. The predicted molar refractivity (Wildman–Crippen MR) is 92.8 cm³/mol. The van der Waals surface area contributed by atoms with Gasteiger partial charge in [-0.15, -0.1) is 24.2 Å². The Hall–Kier alpha value is -0.910. The number of amides is 2. The summed E-state index contributed by atoms with van der Waals surface area (Å²) in [5.41, 5.74) is 0.828. The molecule has 1 saturated heterocycles. The Bertz CT molecular complexity index is 419. The average molecular weight is 330 g/mol. The Balaban J connectivity index is 0.00000220. The molecule has 21 heavy (non-hydrogen) atoms. The highest BCUT2D eigenvalue weighted by Crippen LogP contribution is 2.17. The molecule has 1 heterocycles. The van der Waals surface area contributed by atoms with Crippen molar-refractivity contribution in [3.05, 3.63) is 24.3 Å². The molecule has 1 fully saturated rings. The van der Waals surface area contributed by atoms with Gasteiger partial charge in [0.1, 0.15) is 0 Å². The van der Waals surface area contributed by atoms with Crippen LogP contribution in [0.15, 0.2) is 29.2 Å². The lowest BCUT2D eigenvalue weighted by Gasteiger charge is -2.16. The molecule has 0 aliphatic carbocycles. The Morgan fingerprint density at radius 2 is 2.05 bits per heavy atom. The van der Waals surface area contributed by atoms with E-state index in [1.54, 1.807) is 11.8 Å². The highest BCUT2D eigenvalue weighted by Gasteiger charge is 2.12. The maximum atomic E-state index is 11.8. The van der Waals surface area contributed by atoms with Gasteiger partial charge in [0, 0.05) is 23.2 Å². The average Bonchev–Trinajstić information content (AvgIpc) is 2.74. The van der Waals surface area contributed by atoms with Crippen LogP contribution in [0.2, 0.25) is 0 Å². The number of carbonyl (C=O) groups is 1. The van der Waals surface area contributed by atoms with Crippen molar-refractivity contribution in [3.63, 3.8) is 0 Å². The minimum Gasteiger partial charge on any atom is -0.336 e. The standard InChI is InChI=1S/C15H23N3OS.ClH/c1-20-14-8-6-12(7-9-14)18-15(19)17-11-13-5-3-2-4-10-16-13;/h6-9,13,16H,2-5,10-11H2,1H3,(H2,17,18,19);1H. The van der Waals surface area contributed by atoms with Gasteiger partial charge in [0.25, 0.3) is 0 Å². The number of nitrogens with one attached hydrogen (secondary N) is 3. The van der Waals surface area contributed by atoms with Crippen LogP contribution in [-0.2, 0) is 0 Å². The summed E-state index contributed by atoms with van der Waals surface area (Å²) in [7, 11) is 0. The fourth-order valence-corrected chi connectivity index (χ4v) is 2.75. The van der Waals surface area contributed by atoms with Gasteiger partial charge in [-0.3, -0.25) is 0 Å². The quantitative estimate of drug-likeness (QED) is 0.741. The van der Waals surface area contributed by atoms with E-state index < -0.39 is 0 Å². The van der Waals surface area contributed by atoms with Crippen molar-refractivity contribution in [1.29, 1.82) is 0 Å². The molecule has 2 amide bonds. The summed E-state index contributed by atoms with van der Waals surface area (Å²) in [5, 5.41) is 9.27. The molecule has 3 N–H and O–H groups in total. The Morgan fingerprint density at radius 3 is 2.76 bits per heavy atom. The molecule has 0 aromatic heterocycles. The number of carbonyl (C=O) groups excluding carboxylic acids is 1. The number of hydrogen-bond donors (Lipinski definition) is 3. The van der Waals surface area contributed by atoms with Gasteiger partial charge in [-0.1, -0.05) is 12.8 Å². The summed E-state index contributed by atoms with van der Waals surface area (Å²) < 4.78 is 0. The molecule has 1 aromatic carbocycles. The van der Waals surface area contributed by atoms with Gasteiger partial charge in [-0.25, -0.2) is 4.79 Å². The normalized spacial score (nSPS) is 18.2.